The Morgan fingerprint density at radius 2 is 1.42 bits per heavy atom. The fourth-order valence-corrected chi connectivity index (χ4v) is 4.58. The first-order valence-corrected chi connectivity index (χ1v) is 10.9. The number of halogens is 1. The van der Waals surface area contributed by atoms with Gasteiger partial charge in [-0.2, -0.15) is 0 Å². The Hall–Kier alpha value is -2.73. The number of rotatable bonds is 5. The molecule has 0 aromatic heterocycles. The highest BCUT2D eigenvalue weighted by Gasteiger charge is 2.48. The van der Waals surface area contributed by atoms with Gasteiger partial charge in [0.05, 0.1) is 19.6 Å². The summed E-state index contributed by atoms with van der Waals surface area (Å²) in [5.74, 6) is 1.23. The van der Waals surface area contributed by atoms with Gasteiger partial charge in [0, 0.05) is 42.8 Å². The molecule has 2 aromatic rings. The summed E-state index contributed by atoms with van der Waals surface area (Å²) >= 11 is 6.04. The van der Waals surface area contributed by atoms with Crippen LogP contribution in [0.25, 0.3) is 0 Å². The Kier molecular flexibility index (Phi) is 6.10. The largest absolute Gasteiger partial charge is 0.497 e. The van der Waals surface area contributed by atoms with Gasteiger partial charge in [0.1, 0.15) is 11.5 Å². The number of hydrogen-bond donors (Lipinski definition) is 0. The van der Waals surface area contributed by atoms with Crippen LogP contribution in [0.2, 0.25) is 5.02 Å². The minimum absolute atomic E-state index is 0.0830. The zero-order valence-electron chi connectivity index (χ0n) is 17.9. The Labute approximate surface area is 187 Å². The van der Waals surface area contributed by atoms with E-state index in [9.17, 15) is 9.59 Å². The van der Waals surface area contributed by atoms with Crippen LogP contribution in [0.3, 0.4) is 0 Å². The van der Waals surface area contributed by atoms with E-state index in [1.54, 1.807) is 37.3 Å². The van der Waals surface area contributed by atoms with E-state index in [4.69, 9.17) is 21.1 Å². The summed E-state index contributed by atoms with van der Waals surface area (Å²) in [6.45, 7) is 2.06. The van der Waals surface area contributed by atoms with E-state index in [1.807, 2.05) is 29.2 Å². The van der Waals surface area contributed by atoms with Crippen molar-refractivity contribution in [2.75, 3.05) is 40.4 Å². The van der Waals surface area contributed by atoms with Gasteiger partial charge in [0.25, 0.3) is 5.91 Å². The van der Waals surface area contributed by atoms with E-state index in [1.165, 1.54) is 0 Å². The van der Waals surface area contributed by atoms with Gasteiger partial charge in [0.2, 0.25) is 5.91 Å². The predicted octanol–water partition coefficient (Wildman–Crippen LogP) is 3.76. The lowest BCUT2D eigenvalue weighted by molar-refractivity contribution is -0.142. The monoisotopic (exact) mass is 442 g/mol. The molecule has 0 spiro atoms. The van der Waals surface area contributed by atoms with Gasteiger partial charge in [-0.15, -0.1) is 0 Å². The molecule has 2 amide bonds. The lowest BCUT2D eigenvalue weighted by Crippen LogP contribution is -2.57. The molecule has 1 aliphatic heterocycles. The highest BCUT2D eigenvalue weighted by atomic mass is 35.5. The molecular weight excluding hydrogens is 416 g/mol. The summed E-state index contributed by atoms with van der Waals surface area (Å²) < 4.78 is 10.6. The summed E-state index contributed by atoms with van der Waals surface area (Å²) in [6, 6.07) is 12.8. The third kappa shape index (κ3) is 4.09. The average molecular weight is 443 g/mol. The molecule has 7 heteroatoms. The van der Waals surface area contributed by atoms with Gasteiger partial charge >= 0.3 is 0 Å². The highest BCUT2D eigenvalue weighted by Crippen LogP contribution is 2.45. The standard InChI is InChI=1S/C24H27ClN2O4/c1-30-20-14-17(15-21(16-20)31-2)22(28)26-10-12-27(13-11-26)23(29)24(8-3-9-24)18-4-6-19(25)7-5-18/h4-7,14-16H,3,8-13H2,1-2H3. The molecular formula is C24H27ClN2O4. The molecule has 1 heterocycles. The Balaban J connectivity index is 1.44. The van der Waals surface area contributed by atoms with E-state index in [0.717, 1.165) is 24.8 Å². The average Bonchev–Trinajstić information content (AvgIpc) is 2.78. The molecule has 1 aliphatic carbocycles. The van der Waals surface area contributed by atoms with Crippen molar-refractivity contribution in [2.24, 2.45) is 0 Å². The van der Waals surface area contributed by atoms with Crippen molar-refractivity contribution in [1.82, 2.24) is 9.80 Å². The molecule has 0 N–H and O–H groups in total. The minimum atomic E-state index is -0.447. The van der Waals surface area contributed by atoms with E-state index < -0.39 is 5.41 Å². The molecule has 2 fully saturated rings. The van der Waals surface area contributed by atoms with Crippen LogP contribution in [0, 0.1) is 0 Å². The van der Waals surface area contributed by atoms with E-state index >= 15 is 0 Å². The van der Waals surface area contributed by atoms with Crippen LogP contribution in [0.15, 0.2) is 42.5 Å². The maximum atomic E-state index is 13.5. The van der Waals surface area contributed by atoms with Crippen molar-refractivity contribution in [3.63, 3.8) is 0 Å². The topological polar surface area (TPSA) is 59.1 Å². The summed E-state index contributed by atoms with van der Waals surface area (Å²) in [6.07, 6.45) is 2.76. The number of ether oxygens (including phenoxy) is 2. The normalized spacial score (nSPS) is 17.6. The lowest BCUT2D eigenvalue weighted by atomic mass is 9.63. The summed E-state index contributed by atoms with van der Waals surface area (Å²) in [5.41, 5.74) is 1.11. The maximum Gasteiger partial charge on any atom is 0.254 e. The van der Waals surface area contributed by atoms with Crippen LogP contribution in [0.4, 0.5) is 0 Å². The molecule has 4 rings (SSSR count). The highest BCUT2D eigenvalue weighted by molar-refractivity contribution is 6.30. The van der Waals surface area contributed by atoms with Gasteiger partial charge in [-0.25, -0.2) is 0 Å². The zero-order valence-corrected chi connectivity index (χ0v) is 18.7. The number of nitrogens with zero attached hydrogens (tertiary/aromatic N) is 2. The first-order chi connectivity index (χ1) is 15.0. The summed E-state index contributed by atoms with van der Waals surface area (Å²) in [4.78, 5) is 30.2. The van der Waals surface area contributed by atoms with E-state index in [0.29, 0.717) is 48.3 Å². The van der Waals surface area contributed by atoms with E-state index in [2.05, 4.69) is 0 Å². The Morgan fingerprint density at radius 1 is 0.871 bits per heavy atom. The third-order valence-electron chi connectivity index (χ3n) is 6.47. The number of piperazine rings is 1. The Morgan fingerprint density at radius 3 is 1.90 bits per heavy atom. The van der Waals surface area contributed by atoms with Crippen LogP contribution in [0.5, 0.6) is 11.5 Å². The minimum Gasteiger partial charge on any atom is -0.497 e. The van der Waals surface area contributed by atoms with Crippen molar-refractivity contribution >= 4 is 23.4 Å². The first-order valence-electron chi connectivity index (χ1n) is 10.5. The number of carbonyl (C=O) groups is 2. The molecule has 0 atom stereocenters. The number of carbonyl (C=O) groups excluding carboxylic acids is 2. The van der Waals surface area contributed by atoms with Gasteiger partial charge in [-0.1, -0.05) is 30.2 Å². The van der Waals surface area contributed by atoms with Gasteiger partial charge in [-0.05, 0) is 42.7 Å². The molecule has 0 bridgehead atoms. The molecule has 2 aromatic carbocycles. The van der Waals surface area contributed by atoms with Gasteiger partial charge in [-0.3, -0.25) is 9.59 Å². The summed E-state index contributed by atoms with van der Waals surface area (Å²) in [5, 5.41) is 0.673. The third-order valence-corrected chi connectivity index (χ3v) is 6.72. The molecule has 0 unspecified atom stereocenters. The quantitative estimate of drug-likeness (QED) is 0.707. The first kappa shape index (κ1) is 21.5. The van der Waals surface area contributed by atoms with Crippen molar-refractivity contribution in [3.05, 3.63) is 58.6 Å². The molecule has 0 radical (unpaired) electrons. The number of methoxy groups -OCH3 is 2. The Bertz CT molecular complexity index is 942. The zero-order chi connectivity index (χ0) is 22.0. The molecule has 2 aliphatic rings. The van der Waals surface area contributed by atoms with E-state index in [-0.39, 0.29) is 11.8 Å². The SMILES string of the molecule is COc1cc(OC)cc(C(=O)N2CCN(C(=O)C3(c4ccc(Cl)cc4)CCC3)CC2)c1. The molecule has 31 heavy (non-hydrogen) atoms. The van der Waals surface area contributed by atoms with Crippen molar-refractivity contribution in [1.29, 1.82) is 0 Å². The van der Waals surface area contributed by atoms with Crippen molar-refractivity contribution in [2.45, 2.75) is 24.7 Å². The fraction of sp³-hybridized carbons (Fsp3) is 0.417. The number of hydrogen-bond acceptors (Lipinski definition) is 4. The molecule has 6 nitrogen and oxygen atoms in total. The van der Waals surface area contributed by atoms with Crippen LogP contribution in [0.1, 0.15) is 35.2 Å². The molecule has 164 valence electrons. The van der Waals surface area contributed by atoms with Crippen molar-refractivity contribution in [3.8, 4) is 11.5 Å². The second kappa shape index (κ2) is 8.79. The second-order valence-corrected chi connectivity index (χ2v) is 8.56. The second-order valence-electron chi connectivity index (χ2n) is 8.13. The van der Waals surface area contributed by atoms with Gasteiger partial charge < -0.3 is 19.3 Å². The maximum absolute atomic E-state index is 13.5. The fourth-order valence-electron chi connectivity index (χ4n) is 4.45. The van der Waals surface area contributed by atoms with Crippen LogP contribution in [-0.2, 0) is 10.2 Å². The van der Waals surface area contributed by atoms with Crippen LogP contribution >= 0.6 is 11.6 Å². The van der Waals surface area contributed by atoms with Crippen LogP contribution in [-0.4, -0.2) is 62.0 Å². The smallest absolute Gasteiger partial charge is 0.254 e. The molecule has 1 saturated heterocycles. The number of amides is 2. The lowest BCUT2D eigenvalue weighted by Gasteiger charge is -2.46. The number of benzene rings is 2. The molecule has 1 saturated carbocycles. The predicted molar refractivity (Wildman–Crippen MR) is 119 cm³/mol. The van der Waals surface area contributed by atoms with Crippen molar-refractivity contribution < 1.29 is 19.1 Å². The summed E-state index contributed by atoms with van der Waals surface area (Å²) in [7, 11) is 3.12. The van der Waals surface area contributed by atoms with Gasteiger partial charge in [0.15, 0.2) is 0 Å². The van der Waals surface area contributed by atoms with Crippen LogP contribution < -0.4 is 9.47 Å².